The van der Waals surface area contributed by atoms with E-state index in [4.69, 9.17) is 20.8 Å². The number of benzene rings is 1. The number of nitrogens with one attached hydrogen (secondary N) is 1. The molecule has 0 spiro atoms. The number of aromatic nitrogens is 4. The molecule has 10 heteroatoms. The van der Waals surface area contributed by atoms with Gasteiger partial charge in [0.05, 0.1) is 24.8 Å². The van der Waals surface area contributed by atoms with Crippen molar-refractivity contribution in [2.75, 3.05) is 18.2 Å². The first kappa shape index (κ1) is 18.3. The fraction of sp³-hybridized carbons (Fsp3) is 0.250. The molecule has 26 heavy (non-hydrogen) atoms. The van der Waals surface area contributed by atoms with Crippen molar-refractivity contribution in [1.29, 1.82) is 0 Å². The van der Waals surface area contributed by atoms with Crippen molar-refractivity contribution in [3.8, 4) is 5.75 Å². The Bertz CT molecular complexity index is 897. The smallest absolute Gasteiger partial charge is 0.234 e. The molecule has 8 nitrogen and oxygen atoms in total. The highest BCUT2D eigenvalue weighted by atomic mass is 35.5. The Kier molecular flexibility index (Phi) is 5.79. The Labute approximate surface area is 158 Å². The molecule has 0 aliphatic rings. The van der Waals surface area contributed by atoms with Crippen molar-refractivity contribution < 1.29 is 13.9 Å². The maximum absolute atomic E-state index is 12.3. The van der Waals surface area contributed by atoms with E-state index in [1.807, 2.05) is 13.0 Å². The average molecular weight is 394 g/mol. The molecule has 0 radical (unpaired) electrons. The normalized spacial score (nSPS) is 10.7. The van der Waals surface area contributed by atoms with Crippen LogP contribution in [0.5, 0.6) is 5.75 Å². The highest BCUT2D eigenvalue weighted by Gasteiger charge is 2.14. The first-order valence-electron chi connectivity index (χ1n) is 7.62. The molecule has 0 aliphatic heterocycles. The van der Waals surface area contributed by atoms with Crippen LogP contribution in [0.25, 0.3) is 0 Å². The predicted octanol–water partition coefficient (Wildman–Crippen LogP) is 3.02. The van der Waals surface area contributed by atoms with Gasteiger partial charge < -0.3 is 14.5 Å². The van der Waals surface area contributed by atoms with Crippen LogP contribution in [0.3, 0.4) is 0 Å². The molecule has 136 valence electrons. The Morgan fingerprint density at radius 2 is 2.31 bits per heavy atom. The van der Waals surface area contributed by atoms with Gasteiger partial charge in [-0.2, -0.15) is 0 Å². The predicted molar refractivity (Wildman–Crippen MR) is 97.7 cm³/mol. The number of amides is 1. The van der Waals surface area contributed by atoms with Crippen molar-refractivity contribution in [1.82, 2.24) is 20.2 Å². The Morgan fingerprint density at radius 1 is 1.46 bits per heavy atom. The Hall–Kier alpha value is -2.52. The quantitative estimate of drug-likeness (QED) is 0.616. The molecule has 1 amide bonds. The lowest BCUT2D eigenvalue weighted by Gasteiger charge is -2.12. The van der Waals surface area contributed by atoms with E-state index in [0.29, 0.717) is 28.2 Å². The second kappa shape index (κ2) is 8.24. The fourth-order valence-electron chi connectivity index (χ4n) is 2.20. The lowest BCUT2D eigenvalue weighted by molar-refractivity contribution is -0.113. The second-order valence-corrected chi connectivity index (χ2v) is 6.69. The summed E-state index contributed by atoms with van der Waals surface area (Å²) in [6, 6.07) is 7.06. The number of methoxy groups -OCH3 is 1. The van der Waals surface area contributed by atoms with E-state index < -0.39 is 0 Å². The Balaban J connectivity index is 1.62. The highest BCUT2D eigenvalue weighted by molar-refractivity contribution is 7.99. The lowest BCUT2D eigenvalue weighted by atomic mass is 10.2. The topological polar surface area (TPSA) is 95.1 Å². The summed E-state index contributed by atoms with van der Waals surface area (Å²) < 4.78 is 12.1. The number of rotatable bonds is 7. The van der Waals surface area contributed by atoms with Gasteiger partial charge in [-0.1, -0.05) is 23.4 Å². The van der Waals surface area contributed by atoms with Crippen LogP contribution >= 0.6 is 23.4 Å². The average Bonchev–Trinajstić information content (AvgIpc) is 3.28. The molecule has 3 aromatic rings. The van der Waals surface area contributed by atoms with E-state index in [1.165, 1.54) is 18.9 Å². The summed E-state index contributed by atoms with van der Waals surface area (Å²) in [5.74, 6) is 1.16. The minimum atomic E-state index is -0.206. The zero-order valence-corrected chi connectivity index (χ0v) is 15.7. The molecule has 0 saturated carbocycles. The molecule has 1 N–H and O–H groups in total. The molecular weight excluding hydrogens is 378 g/mol. The van der Waals surface area contributed by atoms with Crippen LogP contribution in [0, 0.1) is 6.92 Å². The van der Waals surface area contributed by atoms with Gasteiger partial charge in [-0.3, -0.25) is 4.79 Å². The molecule has 2 aromatic heterocycles. The van der Waals surface area contributed by atoms with Crippen LogP contribution in [-0.4, -0.2) is 39.0 Å². The SMILES string of the molecule is COc1cc(Cl)c(C)cc1NC(=O)CSc1nnnn1Cc1ccco1. The van der Waals surface area contributed by atoms with Gasteiger partial charge in [0, 0.05) is 11.1 Å². The first-order chi connectivity index (χ1) is 12.6. The maximum Gasteiger partial charge on any atom is 0.234 e. The van der Waals surface area contributed by atoms with Crippen LogP contribution in [0.1, 0.15) is 11.3 Å². The number of thioether (sulfide) groups is 1. The third-order valence-corrected chi connectivity index (χ3v) is 4.84. The van der Waals surface area contributed by atoms with Gasteiger partial charge in [0.25, 0.3) is 0 Å². The van der Waals surface area contributed by atoms with Gasteiger partial charge in [-0.15, -0.1) is 5.10 Å². The summed E-state index contributed by atoms with van der Waals surface area (Å²) >= 11 is 7.31. The number of nitrogens with zero attached hydrogens (tertiary/aromatic N) is 4. The number of hydrogen-bond acceptors (Lipinski definition) is 7. The van der Waals surface area contributed by atoms with Crippen LogP contribution in [0.15, 0.2) is 40.1 Å². The number of carbonyl (C=O) groups excluding carboxylic acids is 1. The summed E-state index contributed by atoms with van der Waals surface area (Å²) in [6.07, 6.45) is 1.58. The van der Waals surface area contributed by atoms with Crippen LogP contribution in [-0.2, 0) is 11.3 Å². The summed E-state index contributed by atoms with van der Waals surface area (Å²) in [5, 5.41) is 15.4. The first-order valence-corrected chi connectivity index (χ1v) is 8.98. The van der Waals surface area contributed by atoms with E-state index >= 15 is 0 Å². The molecule has 0 bridgehead atoms. The van der Waals surface area contributed by atoms with E-state index in [1.54, 1.807) is 29.1 Å². The number of anilines is 1. The number of aryl methyl sites for hydroxylation is 1. The zero-order valence-electron chi connectivity index (χ0n) is 14.1. The Morgan fingerprint density at radius 3 is 3.04 bits per heavy atom. The molecule has 3 rings (SSSR count). The number of hydrogen-bond donors (Lipinski definition) is 1. The lowest BCUT2D eigenvalue weighted by Crippen LogP contribution is -2.15. The van der Waals surface area contributed by atoms with E-state index in [9.17, 15) is 4.79 Å². The van der Waals surface area contributed by atoms with Gasteiger partial charge in [-0.25, -0.2) is 4.68 Å². The summed E-state index contributed by atoms with van der Waals surface area (Å²) in [4.78, 5) is 12.3. The summed E-state index contributed by atoms with van der Waals surface area (Å²) in [7, 11) is 1.52. The van der Waals surface area contributed by atoms with Crippen molar-refractivity contribution in [2.45, 2.75) is 18.6 Å². The minimum Gasteiger partial charge on any atom is -0.495 e. The maximum atomic E-state index is 12.3. The van der Waals surface area contributed by atoms with Crippen LogP contribution in [0.4, 0.5) is 5.69 Å². The standard InChI is InChI=1S/C16H16ClN5O3S/c1-10-6-13(14(24-2)7-12(10)17)18-15(23)9-26-16-19-20-21-22(16)8-11-4-3-5-25-11/h3-7H,8-9H2,1-2H3,(H,18,23). The van der Waals surface area contributed by atoms with E-state index in [2.05, 4.69) is 20.8 Å². The van der Waals surface area contributed by atoms with Crippen LogP contribution < -0.4 is 10.1 Å². The van der Waals surface area contributed by atoms with Crippen molar-refractivity contribution >= 4 is 35.0 Å². The van der Waals surface area contributed by atoms with Gasteiger partial charge in [0.2, 0.25) is 11.1 Å². The molecule has 0 atom stereocenters. The van der Waals surface area contributed by atoms with Gasteiger partial charge in [0.1, 0.15) is 18.1 Å². The zero-order chi connectivity index (χ0) is 18.5. The fourth-order valence-corrected chi connectivity index (χ4v) is 3.03. The number of carbonyl (C=O) groups is 1. The third-order valence-electron chi connectivity index (χ3n) is 3.47. The van der Waals surface area contributed by atoms with Crippen molar-refractivity contribution in [2.24, 2.45) is 0 Å². The summed E-state index contributed by atoms with van der Waals surface area (Å²) in [6.45, 7) is 2.25. The number of furan rings is 1. The van der Waals surface area contributed by atoms with Gasteiger partial charge in [0.15, 0.2) is 0 Å². The summed E-state index contributed by atoms with van der Waals surface area (Å²) in [5.41, 5.74) is 1.41. The third kappa shape index (κ3) is 4.36. The largest absolute Gasteiger partial charge is 0.495 e. The van der Waals surface area contributed by atoms with E-state index in [0.717, 1.165) is 11.3 Å². The highest BCUT2D eigenvalue weighted by Crippen LogP contribution is 2.31. The molecule has 0 aliphatic carbocycles. The molecule has 0 fully saturated rings. The molecule has 2 heterocycles. The molecule has 1 aromatic carbocycles. The molecular formula is C16H16ClN5O3S. The van der Waals surface area contributed by atoms with Gasteiger partial charge in [-0.05, 0) is 41.1 Å². The number of ether oxygens (including phenoxy) is 1. The molecule has 0 unspecified atom stereocenters. The minimum absolute atomic E-state index is 0.142. The monoisotopic (exact) mass is 393 g/mol. The van der Waals surface area contributed by atoms with Crippen molar-refractivity contribution in [3.63, 3.8) is 0 Å². The van der Waals surface area contributed by atoms with Crippen molar-refractivity contribution in [3.05, 3.63) is 46.9 Å². The second-order valence-electron chi connectivity index (χ2n) is 5.34. The number of tetrazole rings is 1. The van der Waals surface area contributed by atoms with Crippen LogP contribution in [0.2, 0.25) is 5.02 Å². The number of halogens is 1. The van der Waals surface area contributed by atoms with E-state index in [-0.39, 0.29) is 11.7 Å². The van der Waals surface area contributed by atoms with Gasteiger partial charge >= 0.3 is 0 Å². The molecule has 0 saturated heterocycles.